The Hall–Kier alpha value is -0.910. The Balaban J connectivity index is 3.45. The lowest BCUT2D eigenvalue weighted by molar-refractivity contribution is 0.101. The van der Waals surface area contributed by atoms with Crippen molar-refractivity contribution in [3.63, 3.8) is 0 Å². The molecule has 0 unspecified atom stereocenters. The molecule has 0 aliphatic carbocycles. The summed E-state index contributed by atoms with van der Waals surface area (Å²) in [6, 6.07) is 4.20. The highest BCUT2D eigenvalue weighted by Gasteiger charge is 2.21. The number of carbonyl (C=O) groups excluding carboxylic acids is 1. The van der Waals surface area contributed by atoms with Crippen LogP contribution in [-0.2, 0) is 10.0 Å². The number of benzene rings is 1. The molecule has 88 valence electrons. The molecular formula is C10H12ClNO3S. The maximum Gasteiger partial charge on any atom is 0.244 e. The zero-order chi connectivity index (χ0) is 12.5. The Bertz CT molecular complexity index is 523. The summed E-state index contributed by atoms with van der Waals surface area (Å²) in [5.74, 6) is -0.202. The Morgan fingerprint density at radius 3 is 2.31 bits per heavy atom. The van der Waals surface area contributed by atoms with Gasteiger partial charge in [0.1, 0.15) is 4.90 Å². The average molecular weight is 262 g/mol. The molecule has 0 N–H and O–H groups in total. The lowest BCUT2D eigenvalue weighted by atomic mass is 10.1. The first-order chi connectivity index (χ1) is 7.26. The Labute approximate surface area is 99.9 Å². The molecule has 0 heterocycles. The molecule has 0 aromatic heterocycles. The van der Waals surface area contributed by atoms with Gasteiger partial charge in [0, 0.05) is 19.7 Å². The predicted octanol–water partition coefficient (Wildman–Crippen LogP) is 1.79. The SMILES string of the molecule is CC(=O)c1ccc(Cl)c(S(=O)(=O)N(C)C)c1. The van der Waals surface area contributed by atoms with E-state index in [0.717, 1.165) is 4.31 Å². The molecule has 0 saturated carbocycles. The number of hydrogen-bond acceptors (Lipinski definition) is 3. The van der Waals surface area contributed by atoms with Crippen LogP contribution in [0.3, 0.4) is 0 Å². The van der Waals surface area contributed by atoms with Crippen LogP contribution < -0.4 is 0 Å². The number of hydrogen-bond donors (Lipinski definition) is 0. The zero-order valence-corrected chi connectivity index (χ0v) is 10.8. The number of sulfonamides is 1. The third-order valence-electron chi connectivity index (χ3n) is 2.10. The molecule has 0 amide bonds. The van der Waals surface area contributed by atoms with Crippen molar-refractivity contribution in [2.24, 2.45) is 0 Å². The molecule has 6 heteroatoms. The van der Waals surface area contributed by atoms with Gasteiger partial charge in [0.25, 0.3) is 0 Å². The molecule has 1 aromatic rings. The molecule has 0 saturated heterocycles. The summed E-state index contributed by atoms with van der Waals surface area (Å²) in [6.07, 6.45) is 0. The molecule has 1 rings (SSSR count). The molecule has 1 aromatic carbocycles. The number of carbonyl (C=O) groups is 1. The van der Waals surface area contributed by atoms with Gasteiger partial charge in [0.05, 0.1) is 5.02 Å². The minimum Gasteiger partial charge on any atom is -0.295 e. The topological polar surface area (TPSA) is 54.5 Å². The van der Waals surface area contributed by atoms with E-state index in [0.29, 0.717) is 5.56 Å². The number of rotatable bonds is 3. The molecule has 0 spiro atoms. The molecule has 16 heavy (non-hydrogen) atoms. The monoisotopic (exact) mass is 261 g/mol. The second-order valence-electron chi connectivity index (χ2n) is 3.49. The highest BCUT2D eigenvalue weighted by atomic mass is 35.5. The smallest absolute Gasteiger partial charge is 0.244 e. The van der Waals surface area contributed by atoms with Gasteiger partial charge in [-0.2, -0.15) is 0 Å². The van der Waals surface area contributed by atoms with Crippen LogP contribution in [0.15, 0.2) is 23.1 Å². The predicted molar refractivity (Wildman–Crippen MR) is 62.3 cm³/mol. The van der Waals surface area contributed by atoms with E-state index in [1.165, 1.54) is 39.2 Å². The van der Waals surface area contributed by atoms with Crippen LogP contribution in [0, 0.1) is 0 Å². The molecule has 0 bridgehead atoms. The van der Waals surface area contributed by atoms with E-state index < -0.39 is 10.0 Å². The van der Waals surface area contributed by atoms with Crippen molar-refractivity contribution in [3.8, 4) is 0 Å². The highest BCUT2D eigenvalue weighted by Crippen LogP contribution is 2.24. The maximum atomic E-state index is 11.9. The summed E-state index contributed by atoms with van der Waals surface area (Å²) in [7, 11) is -0.797. The number of nitrogens with zero attached hydrogens (tertiary/aromatic N) is 1. The first-order valence-corrected chi connectivity index (χ1v) is 6.31. The van der Waals surface area contributed by atoms with E-state index in [2.05, 4.69) is 0 Å². The van der Waals surface area contributed by atoms with Crippen LogP contribution in [0.5, 0.6) is 0 Å². The summed E-state index contributed by atoms with van der Waals surface area (Å²) in [5.41, 5.74) is 0.324. The van der Waals surface area contributed by atoms with Crippen molar-refractivity contribution < 1.29 is 13.2 Å². The summed E-state index contributed by atoms with van der Waals surface area (Å²) in [5, 5.41) is 0.110. The molecule has 0 fully saturated rings. The van der Waals surface area contributed by atoms with Gasteiger partial charge < -0.3 is 0 Å². The first kappa shape index (κ1) is 13.2. The molecular weight excluding hydrogens is 250 g/mol. The van der Waals surface area contributed by atoms with Gasteiger partial charge in [-0.05, 0) is 25.1 Å². The molecule has 0 atom stereocenters. The van der Waals surface area contributed by atoms with Crippen LogP contribution in [0.25, 0.3) is 0 Å². The summed E-state index contributed by atoms with van der Waals surface area (Å²) in [6.45, 7) is 1.37. The highest BCUT2D eigenvalue weighted by molar-refractivity contribution is 7.89. The summed E-state index contributed by atoms with van der Waals surface area (Å²) in [4.78, 5) is 11.1. The molecule has 0 radical (unpaired) electrons. The fraction of sp³-hybridized carbons (Fsp3) is 0.300. The largest absolute Gasteiger partial charge is 0.295 e. The second-order valence-corrected chi connectivity index (χ2v) is 6.02. The van der Waals surface area contributed by atoms with Crippen molar-refractivity contribution in [3.05, 3.63) is 28.8 Å². The van der Waals surface area contributed by atoms with Crippen molar-refractivity contribution in [1.29, 1.82) is 0 Å². The van der Waals surface area contributed by atoms with Crippen molar-refractivity contribution in [2.75, 3.05) is 14.1 Å². The van der Waals surface area contributed by atoms with Crippen molar-refractivity contribution in [2.45, 2.75) is 11.8 Å². The summed E-state index contributed by atoms with van der Waals surface area (Å²) >= 11 is 5.81. The van der Waals surface area contributed by atoms with Gasteiger partial charge in [-0.15, -0.1) is 0 Å². The minimum absolute atomic E-state index is 0.0492. The normalized spacial score (nSPS) is 11.8. The van der Waals surface area contributed by atoms with Gasteiger partial charge in [0.2, 0.25) is 10.0 Å². The zero-order valence-electron chi connectivity index (χ0n) is 9.19. The number of ketones is 1. The van der Waals surface area contributed by atoms with Crippen molar-refractivity contribution >= 4 is 27.4 Å². The Kier molecular flexibility index (Phi) is 3.72. The van der Waals surface area contributed by atoms with Crippen LogP contribution in [0.2, 0.25) is 5.02 Å². The molecule has 4 nitrogen and oxygen atoms in total. The Morgan fingerprint density at radius 1 is 1.31 bits per heavy atom. The Morgan fingerprint density at radius 2 is 1.88 bits per heavy atom. The van der Waals surface area contributed by atoms with Crippen molar-refractivity contribution in [1.82, 2.24) is 4.31 Å². The van der Waals surface area contributed by atoms with Gasteiger partial charge in [-0.25, -0.2) is 12.7 Å². The van der Waals surface area contributed by atoms with Gasteiger partial charge in [-0.3, -0.25) is 4.79 Å². The average Bonchev–Trinajstić information content (AvgIpc) is 2.17. The first-order valence-electron chi connectivity index (χ1n) is 4.50. The fourth-order valence-electron chi connectivity index (χ4n) is 1.12. The lowest BCUT2D eigenvalue weighted by Gasteiger charge is -2.13. The standard InChI is InChI=1S/C10H12ClNO3S/c1-7(13)8-4-5-9(11)10(6-8)16(14,15)12(2)3/h4-6H,1-3H3. The third kappa shape index (κ3) is 2.42. The second kappa shape index (κ2) is 4.53. The van der Waals surface area contributed by atoms with Gasteiger partial charge in [0.15, 0.2) is 5.78 Å². The van der Waals surface area contributed by atoms with E-state index in [-0.39, 0.29) is 15.7 Å². The van der Waals surface area contributed by atoms with Crippen LogP contribution in [0.1, 0.15) is 17.3 Å². The van der Waals surface area contributed by atoms with Crippen LogP contribution in [-0.4, -0.2) is 32.6 Å². The van der Waals surface area contributed by atoms with Crippen LogP contribution >= 0.6 is 11.6 Å². The van der Waals surface area contributed by atoms with Crippen LogP contribution in [0.4, 0.5) is 0 Å². The summed E-state index contributed by atoms with van der Waals surface area (Å²) < 4.78 is 24.8. The van der Waals surface area contributed by atoms with E-state index in [1.807, 2.05) is 0 Å². The number of Topliss-reactive ketones (excluding diaryl/α,β-unsaturated/α-hetero) is 1. The fourth-order valence-corrected chi connectivity index (χ4v) is 2.51. The number of halogens is 1. The van der Waals surface area contributed by atoms with E-state index in [4.69, 9.17) is 11.6 Å². The molecule has 0 aliphatic heterocycles. The van der Waals surface area contributed by atoms with Gasteiger partial charge in [-0.1, -0.05) is 11.6 Å². The van der Waals surface area contributed by atoms with E-state index in [1.54, 1.807) is 0 Å². The van der Waals surface area contributed by atoms with E-state index >= 15 is 0 Å². The third-order valence-corrected chi connectivity index (χ3v) is 4.39. The van der Waals surface area contributed by atoms with Gasteiger partial charge >= 0.3 is 0 Å². The quantitative estimate of drug-likeness (QED) is 0.780. The maximum absolute atomic E-state index is 11.9. The van der Waals surface area contributed by atoms with E-state index in [9.17, 15) is 13.2 Å². The minimum atomic E-state index is -3.61. The molecule has 0 aliphatic rings. The lowest BCUT2D eigenvalue weighted by Crippen LogP contribution is -2.22.